The fourth-order valence-electron chi connectivity index (χ4n) is 2.04. The van der Waals surface area contributed by atoms with E-state index in [1.165, 1.54) is 11.3 Å². The van der Waals surface area contributed by atoms with E-state index in [4.69, 9.17) is 9.47 Å². The second-order valence-electron chi connectivity index (χ2n) is 5.12. The topological polar surface area (TPSA) is 78.6 Å². The molecular weight excluding hydrogens is 292 g/mol. The highest BCUT2D eigenvalue weighted by molar-refractivity contribution is 7.16. The number of methoxy groups -OCH3 is 1. The zero-order valence-corrected chi connectivity index (χ0v) is 13.5. The average molecular weight is 312 g/mol. The van der Waals surface area contributed by atoms with Crippen LogP contribution in [0.15, 0.2) is 0 Å². The van der Waals surface area contributed by atoms with Gasteiger partial charge < -0.3 is 9.47 Å². The third-order valence-electron chi connectivity index (χ3n) is 2.92. The van der Waals surface area contributed by atoms with Gasteiger partial charge in [0.1, 0.15) is 17.5 Å². The quantitative estimate of drug-likeness (QED) is 0.728. The Bertz CT molecular complexity index is 608. The maximum absolute atomic E-state index is 12.2. The van der Waals surface area contributed by atoms with Crippen LogP contribution in [0.4, 0.5) is 0 Å². The number of carbonyl (C=O) groups is 1. The average Bonchev–Trinajstić information content (AvgIpc) is 2.98. The van der Waals surface area contributed by atoms with Gasteiger partial charge in [-0.15, -0.1) is 10.2 Å². The predicted octanol–water partition coefficient (Wildman–Crippen LogP) is 2.02. The van der Waals surface area contributed by atoms with E-state index in [1.54, 1.807) is 18.5 Å². The van der Waals surface area contributed by atoms with E-state index in [2.05, 4.69) is 29.1 Å². The van der Waals surface area contributed by atoms with Crippen LogP contribution in [0.5, 0.6) is 0 Å². The van der Waals surface area contributed by atoms with Gasteiger partial charge in [-0.25, -0.2) is 0 Å². The number of ether oxygens (including phenoxy) is 2. The highest BCUT2D eigenvalue weighted by atomic mass is 32.1. The van der Waals surface area contributed by atoms with E-state index >= 15 is 0 Å². The molecule has 1 atom stereocenters. The van der Waals surface area contributed by atoms with Crippen molar-refractivity contribution in [3.8, 4) is 0 Å². The normalized spacial score (nSPS) is 13.0. The number of hydrogen-bond donors (Lipinski definition) is 0. The van der Waals surface area contributed by atoms with Gasteiger partial charge >= 0.3 is 5.97 Å². The number of esters is 1. The standard InChI is InChI=1S/C13H20N4O3S/c1-5-20-12(18)9(6-8(2)3)11-16-17-10(7-19-4)14-15-13(17)21-11/h8-9H,5-7H2,1-4H3. The zero-order valence-electron chi connectivity index (χ0n) is 12.7. The van der Waals surface area contributed by atoms with Gasteiger partial charge in [-0.3, -0.25) is 4.79 Å². The molecule has 116 valence electrons. The second kappa shape index (κ2) is 6.95. The lowest BCUT2D eigenvalue weighted by Gasteiger charge is -2.14. The van der Waals surface area contributed by atoms with Crippen LogP contribution in [0.25, 0.3) is 4.96 Å². The Kier molecular flexibility index (Phi) is 5.24. The van der Waals surface area contributed by atoms with Crippen molar-refractivity contribution in [1.82, 2.24) is 19.8 Å². The third kappa shape index (κ3) is 3.56. The highest BCUT2D eigenvalue weighted by Crippen LogP contribution is 2.29. The smallest absolute Gasteiger partial charge is 0.315 e. The van der Waals surface area contributed by atoms with E-state index in [1.807, 2.05) is 0 Å². The molecule has 1 unspecified atom stereocenters. The fourth-order valence-corrected chi connectivity index (χ4v) is 3.00. The molecule has 0 spiro atoms. The number of aromatic nitrogens is 4. The maximum atomic E-state index is 12.2. The van der Waals surface area contributed by atoms with Gasteiger partial charge in [0.15, 0.2) is 5.82 Å². The Morgan fingerprint density at radius 2 is 2.14 bits per heavy atom. The molecule has 0 saturated heterocycles. The minimum atomic E-state index is -0.355. The first-order chi connectivity index (χ1) is 10.1. The lowest BCUT2D eigenvalue weighted by molar-refractivity contribution is -0.145. The first-order valence-electron chi connectivity index (χ1n) is 6.93. The Labute approximate surface area is 127 Å². The molecule has 21 heavy (non-hydrogen) atoms. The van der Waals surface area contributed by atoms with Gasteiger partial charge in [0.05, 0.1) is 6.61 Å². The van der Waals surface area contributed by atoms with Crippen molar-refractivity contribution in [1.29, 1.82) is 0 Å². The number of rotatable bonds is 7. The Hall–Kier alpha value is -1.54. The summed E-state index contributed by atoms with van der Waals surface area (Å²) in [7, 11) is 1.59. The summed E-state index contributed by atoms with van der Waals surface area (Å²) < 4.78 is 11.9. The summed E-state index contributed by atoms with van der Waals surface area (Å²) in [5, 5.41) is 13.3. The van der Waals surface area contributed by atoms with Crippen molar-refractivity contribution in [2.75, 3.05) is 13.7 Å². The molecule has 2 aromatic rings. The van der Waals surface area contributed by atoms with Crippen molar-refractivity contribution in [2.24, 2.45) is 5.92 Å². The van der Waals surface area contributed by atoms with Crippen LogP contribution in [0, 0.1) is 5.92 Å². The molecule has 7 nitrogen and oxygen atoms in total. The molecule has 0 aliphatic heterocycles. The largest absolute Gasteiger partial charge is 0.465 e. The summed E-state index contributed by atoms with van der Waals surface area (Å²) in [5.41, 5.74) is 0. The molecule has 0 amide bonds. The minimum absolute atomic E-state index is 0.232. The van der Waals surface area contributed by atoms with Crippen LogP contribution >= 0.6 is 11.3 Å². The van der Waals surface area contributed by atoms with Gasteiger partial charge in [0.2, 0.25) is 4.96 Å². The van der Waals surface area contributed by atoms with Crippen LogP contribution in [-0.2, 0) is 20.9 Å². The number of fused-ring (bicyclic) bond motifs is 1. The van der Waals surface area contributed by atoms with E-state index in [9.17, 15) is 4.79 Å². The maximum Gasteiger partial charge on any atom is 0.315 e. The van der Waals surface area contributed by atoms with Gasteiger partial charge in [-0.1, -0.05) is 25.2 Å². The van der Waals surface area contributed by atoms with Gasteiger partial charge in [0.25, 0.3) is 0 Å². The lowest BCUT2D eigenvalue weighted by atomic mass is 9.98. The Morgan fingerprint density at radius 1 is 1.38 bits per heavy atom. The molecule has 0 aromatic carbocycles. The first kappa shape index (κ1) is 15.8. The van der Waals surface area contributed by atoms with Crippen molar-refractivity contribution in [3.63, 3.8) is 0 Å². The highest BCUT2D eigenvalue weighted by Gasteiger charge is 2.28. The van der Waals surface area contributed by atoms with Crippen molar-refractivity contribution in [3.05, 3.63) is 10.8 Å². The molecule has 0 saturated carbocycles. The van der Waals surface area contributed by atoms with Crippen LogP contribution in [0.2, 0.25) is 0 Å². The molecule has 0 fully saturated rings. The summed E-state index contributed by atoms with van der Waals surface area (Å²) in [4.78, 5) is 12.8. The number of carbonyl (C=O) groups excluding carboxylic acids is 1. The third-order valence-corrected chi connectivity index (χ3v) is 3.93. The monoisotopic (exact) mass is 312 g/mol. The molecule has 0 radical (unpaired) electrons. The van der Waals surface area contributed by atoms with E-state index in [0.29, 0.717) is 41.3 Å². The van der Waals surface area contributed by atoms with Crippen LogP contribution in [-0.4, -0.2) is 39.5 Å². The molecule has 0 N–H and O–H groups in total. The lowest BCUT2D eigenvalue weighted by Crippen LogP contribution is -2.18. The molecule has 0 aliphatic carbocycles. The summed E-state index contributed by atoms with van der Waals surface area (Å²) in [6, 6.07) is 0. The summed E-state index contributed by atoms with van der Waals surface area (Å²) in [5.74, 6) is 0.408. The SMILES string of the molecule is CCOC(=O)C(CC(C)C)c1nn2c(COC)nnc2s1. The van der Waals surface area contributed by atoms with Crippen LogP contribution < -0.4 is 0 Å². The molecule has 2 rings (SSSR count). The Morgan fingerprint density at radius 3 is 2.76 bits per heavy atom. The van der Waals surface area contributed by atoms with Crippen LogP contribution in [0.1, 0.15) is 43.9 Å². The molecule has 0 bridgehead atoms. The molecule has 2 heterocycles. The van der Waals surface area contributed by atoms with Crippen molar-refractivity contribution >= 4 is 22.3 Å². The molecule has 8 heteroatoms. The van der Waals surface area contributed by atoms with Gasteiger partial charge in [0, 0.05) is 7.11 Å². The first-order valence-corrected chi connectivity index (χ1v) is 7.75. The van der Waals surface area contributed by atoms with Gasteiger partial charge in [-0.2, -0.15) is 9.61 Å². The van der Waals surface area contributed by atoms with Gasteiger partial charge in [-0.05, 0) is 19.3 Å². The number of nitrogens with zero attached hydrogens (tertiary/aromatic N) is 4. The fraction of sp³-hybridized carbons (Fsp3) is 0.692. The predicted molar refractivity (Wildman–Crippen MR) is 78.2 cm³/mol. The summed E-state index contributed by atoms with van der Waals surface area (Å²) in [6.45, 7) is 6.65. The van der Waals surface area contributed by atoms with Crippen molar-refractivity contribution < 1.29 is 14.3 Å². The van der Waals surface area contributed by atoms with E-state index in [0.717, 1.165) is 0 Å². The van der Waals surface area contributed by atoms with Crippen molar-refractivity contribution in [2.45, 2.75) is 39.7 Å². The minimum Gasteiger partial charge on any atom is -0.465 e. The zero-order chi connectivity index (χ0) is 15.4. The molecule has 2 aromatic heterocycles. The van der Waals surface area contributed by atoms with E-state index in [-0.39, 0.29) is 11.9 Å². The number of hydrogen-bond acceptors (Lipinski definition) is 7. The van der Waals surface area contributed by atoms with E-state index < -0.39 is 0 Å². The summed E-state index contributed by atoms with van der Waals surface area (Å²) in [6.07, 6.45) is 0.697. The summed E-state index contributed by atoms with van der Waals surface area (Å²) >= 11 is 1.37. The molecule has 0 aliphatic rings. The second-order valence-corrected chi connectivity index (χ2v) is 6.11. The molecular formula is C13H20N4O3S. The van der Waals surface area contributed by atoms with Crippen LogP contribution in [0.3, 0.4) is 0 Å². The Balaban J connectivity index is 2.32.